The molecule has 0 radical (unpaired) electrons. The molecule has 3 rings (SSSR count). The Balaban J connectivity index is 1.38. The van der Waals surface area contributed by atoms with Crippen molar-refractivity contribution in [2.45, 2.75) is 12.8 Å². The van der Waals surface area contributed by atoms with Gasteiger partial charge in [0, 0.05) is 18.9 Å². The molecule has 8 nitrogen and oxygen atoms in total. The number of hydrogen-bond acceptors (Lipinski definition) is 6. The fourth-order valence-electron chi connectivity index (χ4n) is 2.27. The molecule has 0 saturated carbocycles. The first-order chi connectivity index (χ1) is 12.1. The number of aromatic nitrogens is 4. The number of fused-ring (bicyclic) bond motifs is 1. The summed E-state index contributed by atoms with van der Waals surface area (Å²) in [4.78, 5) is 8.15. The normalized spacial score (nSPS) is 11.7. The highest BCUT2D eigenvalue weighted by atomic mass is 32.2. The van der Waals surface area contributed by atoms with Crippen molar-refractivity contribution in [3.05, 3.63) is 54.6 Å². The molecule has 2 heterocycles. The fraction of sp³-hybridized carbons (Fsp3) is 0.312. The van der Waals surface area contributed by atoms with Crippen molar-refractivity contribution in [3.8, 4) is 5.75 Å². The summed E-state index contributed by atoms with van der Waals surface area (Å²) in [6, 6.07) is 9.14. The first kappa shape index (κ1) is 17.3. The highest BCUT2D eigenvalue weighted by Crippen LogP contribution is 2.08. The Kier molecular flexibility index (Phi) is 5.56. The van der Waals surface area contributed by atoms with Gasteiger partial charge in [-0.2, -0.15) is 10.1 Å². The van der Waals surface area contributed by atoms with Gasteiger partial charge in [-0.05, 0) is 30.5 Å². The smallest absolute Gasteiger partial charge is 0.252 e. The van der Waals surface area contributed by atoms with E-state index in [1.807, 2.05) is 24.4 Å². The van der Waals surface area contributed by atoms with Crippen molar-refractivity contribution < 1.29 is 13.2 Å². The van der Waals surface area contributed by atoms with Crippen LogP contribution >= 0.6 is 0 Å². The van der Waals surface area contributed by atoms with Gasteiger partial charge in [-0.25, -0.2) is 22.6 Å². The lowest BCUT2D eigenvalue weighted by molar-refractivity contribution is 0.340. The number of para-hydroxylation sites is 1. The molecule has 1 N–H and O–H groups in total. The van der Waals surface area contributed by atoms with Gasteiger partial charge in [-0.3, -0.25) is 0 Å². The SMILES string of the molecule is O=S(=O)(CCOc1ccccc1)NCCCc1cnc2ncnn2c1. The Morgan fingerprint density at radius 1 is 1.16 bits per heavy atom. The van der Waals surface area contributed by atoms with Crippen molar-refractivity contribution in [3.63, 3.8) is 0 Å². The van der Waals surface area contributed by atoms with Gasteiger partial charge in [0.1, 0.15) is 18.7 Å². The molecule has 0 unspecified atom stereocenters. The average molecular weight is 361 g/mol. The maximum atomic E-state index is 11.9. The van der Waals surface area contributed by atoms with E-state index < -0.39 is 10.0 Å². The molecule has 25 heavy (non-hydrogen) atoms. The van der Waals surface area contributed by atoms with Crippen LogP contribution in [0.15, 0.2) is 49.1 Å². The molecule has 2 aromatic heterocycles. The zero-order valence-electron chi connectivity index (χ0n) is 13.6. The van der Waals surface area contributed by atoms with Crippen LogP contribution < -0.4 is 9.46 Å². The summed E-state index contributed by atoms with van der Waals surface area (Å²) in [6.45, 7) is 0.481. The second kappa shape index (κ2) is 8.04. The van der Waals surface area contributed by atoms with Gasteiger partial charge < -0.3 is 4.74 Å². The van der Waals surface area contributed by atoms with Crippen molar-refractivity contribution in [2.24, 2.45) is 0 Å². The van der Waals surface area contributed by atoms with Crippen molar-refractivity contribution >= 4 is 15.8 Å². The van der Waals surface area contributed by atoms with Crippen molar-refractivity contribution in [2.75, 3.05) is 18.9 Å². The van der Waals surface area contributed by atoms with Crippen molar-refractivity contribution in [1.29, 1.82) is 0 Å². The van der Waals surface area contributed by atoms with Crippen LogP contribution in [0.2, 0.25) is 0 Å². The molecule has 0 aliphatic heterocycles. The Labute approximate surface area is 145 Å². The number of sulfonamides is 1. The molecule has 3 aromatic rings. The Bertz CT molecular complexity index is 912. The van der Waals surface area contributed by atoms with Crippen LogP contribution in [0.5, 0.6) is 5.75 Å². The summed E-state index contributed by atoms with van der Waals surface area (Å²) in [7, 11) is -3.35. The van der Waals surface area contributed by atoms with Gasteiger partial charge in [0.25, 0.3) is 5.78 Å². The minimum atomic E-state index is -3.35. The standard InChI is InChI=1S/C16H19N5O3S/c22-25(23,10-9-24-15-6-2-1-3-7-15)20-8-4-5-14-11-17-16-18-13-19-21(16)12-14/h1-3,6-7,11-13,20H,4-5,8-10H2. The minimum absolute atomic E-state index is 0.0750. The van der Waals surface area contributed by atoms with Crippen LogP contribution in [0.25, 0.3) is 5.78 Å². The molecule has 0 bridgehead atoms. The fourth-order valence-corrected chi connectivity index (χ4v) is 3.17. The van der Waals surface area contributed by atoms with E-state index in [0.717, 1.165) is 5.56 Å². The highest BCUT2D eigenvalue weighted by Gasteiger charge is 2.10. The van der Waals surface area contributed by atoms with Crippen LogP contribution in [0.3, 0.4) is 0 Å². The molecule has 132 valence electrons. The van der Waals surface area contributed by atoms with Crippen LogP contribution in [-0.4, -0.2) is 46.9 Å². The predicted molar refractivity (Wildman–Crippen MR) is 92.8 cm³/mol. The third-order valence-electron chi connectivity index (χ3n) is 3.52. The molecule has 0 saturated heterocycles. The van der Waals surface area contributed by atoms with Gasteiger partial charge in [0.05, 0.1) is 5.75 Å². The summed E-state index contributed by atoms with van der Waals surface area (Å²) in [6.07, 6.45) is 6.38. The monoisotopic (exact) mass is 361 g/mol. The summed E-state index contributed by atoms with van der Waals surface area (Å²) in [5.41, 5.74) is 0.976. The summed E-state index contributed by atoms with van der Waals surface area (Å²) in [5, 5.41) is 4.02. The number of rotatable bonds is 9. The second-order valence-corrected chi connectivity index (χ2v) is 7.37. The molecule has 0 aliphatic carbocycles. The van der Waals surface area contributed by atoms with E-state index in [-0.39, 0.29) is 12.4 Å². The molecular weight excluding hydrogens is 342 g/mol. The van der Waals surface area contributed by atoms with E-state index >= 15 is 0 Å². The predicted octanol–water partition coefficient (Wildman–Crippen LogP) is 1.06. The van der Waals surface area contributed by atoms with E-state index in [0.29, 0.717) is 30.9 Å². The van der Waals surface area contributed by atoms with E-state index in [1.54, 1.807) is 22.8 Å². The average Bonchev–Trinajstić information content (AvgIpc) is 3.07. The van der Waals surface area contributed by atoms with Gasteiger partial charge in [-0.15, -0.1) is 0 Å². The molecule has 1 aromatic carbocycles. The quantitative estimate of drug-likeness (QED) is 0.572. The van der Waals surface area contributed by atoms with E-state index in [4.69, 9.17) is 4.74 Å². The van der Waals surface area contributed by atoms with Gasteiger partial charge in [0.2, 0.25) is 10.0 Å². The van der Waals surface area contributed by atoms with E-state index in [1.165, 1.54) is 6.33 Å². The first-order valence-electron chi connectivity index (χ1n) is 7.92. The number of nitrogens with one attached hydrogen (secondary N) is 1. The minimum Gasteiger partial charge on any atom is -0.492 e. The van der Waals surface area contributed by atoms with Gasteiger partial charge in [-0.1, -0.05) is 18.2 Å². The maximum absolute atomic E-state index is 11.9. The lowest BCUT2D eigenvalue weighted by atomic mass is 10.2. The molecule has 0 spiro atoms. The number of aryl methyl sites for hydroxylation is 1. The lowest BCUT2D eigenvalue weighted by Crippen LogP contribution is -2.30. The first-order valence-corrected chi connectivity index (χ1v) is 9.57. The third-order valence-corrected chi connectivity index (χ3v) is 4.86. The molecular formula is C16H19N5O3S. The largest absolute Gasteiger partial charge is 0.492 e. The van der Waals surface area contributed by atoms with Crippen LogP contribution in [0.4, 0.5) is 0 Å². The Hall–Kier alpha value is -2.52. The summed E-state index contributed by atoms with van der Waals surface area (Å²) in [5.74, 6) is 1.13. The van der Waals surface area contributed by atoms with Gasteiger partial charge in [0.15, 0.2) is 0 Å². The second-order valence-electron chi connectivity index (χ2n) is 5.45. The van der Waals surface area contributed by atoms with Crippen molar-refractivity contribution in [1.82, 2.24) is 24.3 Å². The topological polar surface area (TPSA) is 98.5 Å². The third kappa shape index (κ3) is 5.23. The molecule has 9 heteroatoms. The Morgan fingerprint density at radius 2 is 2.00 bits per heavy atom. The van der Waals surface area contributed by atoms with Gasteiger partial charge >= 0.3 is 0 Å². The van der Waals surface area contributed by atoms with Crippen LogP contribution in [0, 0.1) is 0 Å². The lowest BCUT2D eigenvalue weighted by Gasteiger charge is -2.08. The number of ether oxygens (including phenoxy) is 1. The highest BCUT2D eigenvalue weighted by molar-refractivity contribution is 7.89. The number of nitrogens with zero attached hydrogens (tertiary/aromatic N) is 4. The maximum Gasteiger partial charge on any atom is 0.252 e. The zero-order chi connectivity index (χ0) is 17.5. The summed E-state index contributed by atoms with van der Waals surface area (Å²) >= 11 is 0. The van der Waals surface area contributed by atoms with Crippen LogP contribution in [0.1, 0.15) is 12.0 Å². The molecule has 0 aliphatic rings. The zero-order valence-corrected chi connectivity index (χ0v) is 14.4. The molecule has 0 atom stereocenters. The Morgan fingerprint density at radius 3 is 2.84 bits per heavy atom. The molecule has 0 amide bonds. The number of benzene rings is 1. The summed E-state index contributed by atoms with van der Waals surface area (Å²) < 4.78 is 33.5. The number of hydrogen-bond donors (Lipinski definition) is 1. The van der Waals surface area contributed by atoms with Crippen LogP contribution in [-0.2, 0) is 16.4 Å². The van der Waals surface area contributed by atoms with E-state index in [2.05, 4.69) is 19.8 Å². The van der Waals surface area contributed by atoms with E-state index in [9.17, 15) is 8.42 Å². The molecule has 0 fully saturated rings.